The highest BCUT2D eigenvalue weighted by Gasteiger charge is 2.50. The Morgan fingerprint density at radius 1 is 1.28 bits per heavy atom. The molecule has 0 bridgehead atoms. The van der Waals surface area contributed by atoms with Crippen molar-refractivity contribution in [3.8, 4) is 6.07 Å². The average Bonchev–Trinajstić information content (AvgIpc) is 2.66. The van der Waals surface area contributed by atoms with Gasteiger partial charge in [0.05, 0.1) is 11.1 Å². The van der Waals surface area contributed by atoms with Gasteiger partial charge in [-0.3, -0.25) is 4.98 Å². The van der Waals surface area contributed by atoms with Crippen molar-refractivity contribution in [2.75, 3.05) is 0 Å². The van der Waals surface area contributed by atoms with E-state index in [0.29, 0.717) is 18.4 Å². The van der Waals surface area contributed by atoms with Crippen molar-refractivity contribution < 1.29 is 22.3 Å². The highest BCUT2D eigenvalue weighted by atomic mass is 19.4. The second kappa shape index (κ2) is 7.70. The quantitative estimate of drug-likeness (QED) is 0.784. The predicted molar refractivity (Wildman–Crippen MR) is 97.3 cm³/mol. The Labute approximate surface area is 164 Å². The molecule has 0 spiro atoms. The van der Waals surface area contributed by atoms with Crippen LogP contribution in [0.5, 0.6) is 0 Å². The lowest BCUT2D eigenvalue weighted by molar-refractivity contribution is -0.208. The molecular weight excluding hydrogens is 388 g/mol. The Morgan fingerprint density at radius 2 is 2.03 bits per heavy atom. The standard InChI is InChI=1S/C20H18F4N4O/c1-19(9-17(20(22,23)24)29-18(26)28-19)15-8-12(4-7-16(15)21)2-5-14-6-3-13(10-25)11-27-14/h3-4,6-8,11,17H,2,5,9H2,1H3,(H2,26,28)/t17-,19+/m0/s1. The average molecular weight is 406 g/mol. The normalized spacial score (nSPS) is 21.8. The summed E-state index contributed by atoms with van der Waals surface area (Å²) in [5.41, 5.74) is 5.89. The third-order valence-corrected chi connectivity index (χ3v) is 4.80. The van der Waals surface area contributed by atoms with Gasteiger partial charge in [0, 0.05) is 23.9 Å². The fourth-order valence-electron chi connectivity index (χ4n) is 3.27. The summed E-state index contributed by atoms with van der Waals surface area (Å²) < 4.78 is 58.6. The number of aromatic nitrogens is 1. The number of nitrogens with zero attached hydrogens (tertiary/aromatic N) is 3. The van der Waals surface area contributed by atoms with E-state index in [1.54, 1.807) is 18.2 Å². The van der Waals surface area contributed by atoms with Crippen LogP contribution in [0.15, 0.2) is 41.5 Å². The molecule has 2 atom stereocenters. The van der Waals surface area contributed by atoms with Crippen molar-refractivity contribution in [2.24, 2.45) is 10.7 Å². The van der Waals surface area contributed by atoms with E-state index in [1.165, 1.54) is 25.3 Å². The van der Waals surface area contributed by atoms with Crippen LogP contribution in [-0.4, -0.2) is 23.3 Å². The monoisotopic (exact) mass is 406 g/mol. The minimum Gasteiger partial charge on any atom is -0.452 e. The second-order valence-corrected chi connectivity index (χ2v) is 7.04. The van der Waals surface area contributed by atoms with Gasteiger partial charge in [-0.25, -0.2) is 9.38 Å². The van der Waals surface area contributed by atoms with Gasteiger partial charge in [-0.1, -0.05) is 12.1 Å². The zero-order valence-electron chi connectivity index (χ0n) is 15.5. The van der Waals surface area contributed by atoms with Gasteiger partial charge in [0.1, 0.15) is 11.9 Å². The van der Waals surface area contributed by atoms with Crippen molar-refractivity contribution in [1.29, 1.82) is 5.26 Å². The molecule has 2 aromatic rings. The van der Waals surface area contributed by atoms with E-state index in [2.05, 4.69) is 14.7 Å². The van der Waals surface area contributed by atoms with Gasteiger partial charge >= 0.3 is 6.18 Å². The first kappa shape index (κ1) is 20.6. The van der Waals surface area contributed by atoms with Crippen LogP contribution in [0.3, 0.4) is 0 Å². The molecule has 9 heteroatoms. The highest BCUT2D eigenvalue weighted by Crippen LogP contribution is 2.40. The first-order valence-electron chi connectivity index (χ1n) is 8.83. The van der Waals surface area contributed by atoms with Crippen LogP contribution in [0.2, 0.25) is 0 Å². The van der Waals surface area contributed by atoms with E-state index in [0.717, 1.165) is 11.3 Å². The van der Waals surface area contributed by atoms with Gasteiger partial charge in [-0.15, -0.1) is 0 Å². The van der Waals surface area contributed by atoms with Crippen LogP contribution < -0.4 is 5.73 Å². The SMILES string of the molecule is C[C@]1(c2cc(CCc3ccc(C#N)cn3)ccc2F)C[C@@H](C(F)(F)F)OC(N)=N1. The maximum atomic E-state index is 14.5. The Bertz CT molecular complexity index is 966. The van der Waals surface area contributed by atoms with Crippen LogP contribution in [0.25, 0.3) is 0 Å². The topological polar surface area (TPSA) is 84.3 Å². The number of benzene rings is 1. The van der Waals surface area contributed by atoms with Crippen molar-refractivity contribution in [2.45, 2.75) is 44.0 Å². The van der Waals surface area contributed by atoms with E-state index in [1.807, 2.05) is 6.07 Å². The molecule has 1 aliphatic heterocycles. The van der Waals surface area contributed by atoms with E-state index in [-0.39, 0.29) is 5.56 Å². The lowest BCUT2D eigenvalue weighted by Crippen LogP contribution is -2.46. The summed E-state index contributed by atoms with van der Waals surface area (Å²) in [4.78, 5) is 8.16. The lowest BCUT2D eigenvalue weighted by atomic mass is 9.84. The largest absolute Gasteiger partial charge is 0.452 e. The van der Waals surface area contributed by atoms with Crippen LogP contribution in [0.1, 0.15) is 35.7 Å². The maximum Gasteiger partial charge on any atom is 0.425 e. The molecular formula is C20H18F4N4O. The number of nitriles is 1. The van der Waals surface area contributed by atoms with Gasteiger partial charge in [-0.2, -0.15) is 18.4 Å². The lowest BCUT2D eigenvalue weighted by Gasteiger charge is -2.36. The number of hydrogen-bond acceptors (Lipinski definition) is 5. The molecule has 29 heavy (non-hydrogen) atoms. The van der Waals surface area contributed by atoms with Gasteiger partial charge in [0.15, 0.2) is 6.10 Å². The summed E-state index contributed by atoms with van der Waals surface area (Å²) in [5, 5.41) is 8.80. The number of amidine groups is 1. The number of aryl methyl sites for hydroxylation is 2. The van der Waals surface area contributed by atoms with Crippen molar-refractivity contribution in [1.82, 2.24) is 4.98 Å². The molecule has 1 aliphatic rings. The molecule has 1 aromatic heterocycles. The minimum absolute atomic E-state index is 0.0308. The van der Waals surface area contributed by atoms with E-state index < -0.39 is 36.1 Å². The molecule has 0 amide bonds. The molecule has 0 fully saturated rings. The van der Waals surface area contributed by atoms with Crippen LogP contribution in [-0.2, 0) is 23.1 Å². The summed E-state index contributed by atoms with van der Waals surface area (Å²) in [6.45, 7) is 1.41. The van der Waals surface area contributed by atoms with Crippen molar-refractivity contribution >= 4 is 6.02 Å². The third kappa shape index (κ3) is 4.65. The summed E-state index contributed by atoms with van der Waals surface area (Å²) in [6.07, 6.45) is -4.90. The molecule has 0 aliphatic carbocycles. The maximum absolute atomic E-state index is 14.5. The first-order valence-corrected chi connectivity index (χ1v) is 8.83. The molecule has 0 radical (unpaired) electrons. The van der Waals surface area contributed by atoms with Gasteiger partial charge < -0.3 is 10.5 Å². The summed E-state index contributed by atoms with van der Waals surface area (Å²) >= 11 is 0. The Balaban J connectivity index is 1.84. The van der Waals surface area contributed by atoms with Crippen LogP contribution in [0, 0.1) is 17.1 Å². The summed E-state index contributed by atoms with van der Waals surface area (Å²) in [5.74, 6) is -0.660. The van der Waals surface area contributed by atoms with Crippen molar-refractivity contribution in [3.05, 3.63) is 64.7 Å². The first-order chi connectivity index (χ1) is 13.6. The number of ether oxygens (including phenoxy) is 1. The van der Waals surface area contributed by atoms with E-state index in [4.69, 9.17) is 11.0 Å². The molecule has 3 rings (SSSR count). The highest BCUT2D eigenvalue weighted by molar-refractivity contribution is 5.73. The molecule has 152 valence electrons. The molecule has 5 nitrogen and oxygen atoms in total. The third-order valence-electron chi connectivity index (χ3n) is 4.80. The number of pyridine rings is 1. The number of nitrogens with two attached hydrogens (primary N) is 1. The molecule has 2 N–H and O–H groups in total. The molecule has 0 unspecified atom stereocenters. The predicted octanol–water partition coefficient (Wildman–Crippen LogP) is 3.76. The number of hydrogen-bond donors (Lipinski definition) is 1. The zero-order valence-corrected chi connectivity index (χ0v) is 15.5. The molecule has 0 saturated carbocycles. The second-order valence-electron chi connectivity index (χ2n) is 7.04. The number of alkyl halides is 3. The number of halogens is 4. The minimum atomic E-state index is -4.64. The Hall–Kier alpha value is -3.15. The van der Waals surface area contributed by atoms with Crippen molar-refractivity contribution in [3.63, 3.8) is 0 Å². The number of rotatable bonds is 4. The van der Waals surface area contributed by atoms with Gasteiger partial charge in [0.25, 0.3) is 6.02 Å². The smallest absolute Gasteiger partial charge is 0.425 e. The van der Waals surface area contributed by atoms with Crippen LogP contribution in [0.4, 0.5) is 17.6 Å². The van der Waals surface area contributed by atoms with Gasteiger partial charge in [0.2, 0.25) is 0 Å². The van der Waals surface area contributed by atoms with Gasteiger partial charge in [-0.05, 0) is 43.5 Å². The molecule has 0 saturated heterocycles. The van der Waals surface area contributed by atoms with E-state index in [9.17, 15) is 17.6 Å². The fraction of sp³-hybridized carbons (Fsp3) is 0.350. The molecule has 1 aromatic carbocycles. The number of aliphatic imine (C=N–C) groups is 1. The van der Waals surface area contributed by atoms with E-state index >= 15 is 0 Å². The molecule has 2 heterocycles. The Kier molecular flexibility index (Phi) is 5.46. The fourth-order valence-corrected chi connectivity index (χ4v) is 3.27. The summed E-state index contributed by atoms with van der Waals surface area (Å²) in [6, 6.07) is 9.03. The van der Waals surface area contributed by atoms with Crippen LogP contribution >= 0.6 is 0 Å². The Morgan fingerprint density at radius 3 is 2.66 bits per heavy atom. The summed E-state index contributed by atoms with van der Waals surface area (Å²) in [7, 11) is 0. The zero-order chi connectivity index (χ0) is 21.2.